The average Bonchev–Trinajstić information content (AvgIpc) is 3.41. The maximum Gasteiger partial charge on any atom is 0.225 e. The number of hydrogen-bond acceptors (Lipinski definition) is 5. The minimum absolute atomic E-state index is 0.0346. The Morgan fingerprint density at radius 3 is 2.86 bits per heavy atom. The van der Waals surface area contributed by atoms with Gasteiger partial charge in [-0.3, -0.25) is 4.79 Å². The number of carbonyl (C=O) groups is 1. The Balaban J connectivity index is 1.18. The quantitative estimate of drug-likeness (QED) is 0.812. The van der Waals surface area contributed by atoms with Gasteiger partial charge < -0.3 is 15.0 Å². The number of hydrogen-bond donors (Lipinski definition) is 1. The standard InChI is InChI=1S/C22H25FN4O2/c23-16-5-2-15(3-6-16)4-7-20(28)26-12-17-18-13-27(21-24-10-1-11-25-21)14-22(18)9-8-19(17)29-22/h1-3,5-6,10-11,17-19H,4,7-9,12-14H2,(H,26,28)/t17-,18+,19+,22+/m0/s1. The molecule has 0 saturated carbocycles. The van der Waals surface area contributed by atoms with E-state index in [2.05, 4.69) is 20.2 Å². The maximum absolute atomic E-state index is 13.0. The lowest BCUT2D eigenvalue weighted by Gasteiger charge is -2.29. The summed E-state index contributed by atoms with van der Waals surface area (Å²) in [5.41, 5.74) is 0.853. The summed E-state index contributed by atoms with van der Waals surface area (Å²) >= 11 is 0. The van der Waals surface area contributed by atoms with E-state index < -0.39 is 0 Å². The highest BCUT2D eigenvalue weighted by molar-refractivity contribution is 5.76. The third-order valence-electron chi connectivity index (χ3n) is 6.71. The van der Waals surface area contributed by atoms with Crippen LogP contribution in [0.2, 0.25) is 0 Å². The molecule has 7 heteroatoms. The smallest absolute Gasteiger partial charge is 0.225 e. The van der Waals surface area contributed by atoms with Crippen LogP contribution < -0.4 is 10.2 Å². The minimum Gasteiger partial charge on any atom is -0.369 e. The Kier molecular flexibility index (Phi) is 4.70. The molecule has 29 heavy (non-hydrogen) atoms. The predicted octanol–water partition coefficient (Wildman–Crippen LogP) is 2.35. The molecule has 1 aromatic carbocycles. The zero-order chi connectivity index (χ0) is 19.8. The second kappa shape index (κ2) is 7.37. The third-order valence-corrected chi connectivity index (χ3v) is 6.71. The van der Waals surface area contributed by atoms with Gasteiger partial charge in [-0.05, 0) is 43.0 Å². The number of anilines is 1. The molecule has 0 radical (unpaired) electrons. The highest BCUT2D eigenvalue weighted by Crippen LogP contribution is 2.54. The van der Waals surface area contributed by atoms with Gasteiger partial charge in [0.15, 0.2) is 0 Å². The molecule has 0 aliphatic carbocycles. The van der Waals surface area contributed by atoms with Crippen LogP contribution in [0.1, 0.15) is 24.8 Å². The molecule has 1 aromatic heterocycles. The van der Waals surface area contributed by atoms with Crippen molar-refractivity contribution in [3.8, 4) is 0 Å². The van der Waals surface area contributed by atoms with Crippen molar-refractivity contribution in [1.29, 1.82) is 0 Å². The van der Waals surface area contributed by atoms with Crippen molar-refractivity contribution in [3.63, 3.8) is 0 Å². The van der Waals surface area contributed by atoms with E-state index >= 15 is 0 Å². The van der Waals surface area contributed by atoms with Gasteiger partial charge >= 0.3 is 0 Å². The summed E-state index contributed by atoms with van der Waals surface area (Å²) < 4.78 is 19.4. The average molecular weight is 396 g/mol. The largest absolute Gasteiger partial charge is 0.369 e. The minimum atomic E-state index is -0.255. The van der Waals surface area contributed by atoms with Crippen LogP contribution >= 0.6 is 0 Å². The van der Waals surface area contributed by atoms with Crippen LogP contribution in [0.3, 0.4) is 0 Å². The zero-order valence-electron chi connectivity index (χ0n) is 16.3. The molecule has 3 fully saturated rings. The van der Waals surface area contributed by atoms with Gasteiger partial charge in [-0.25, -0.2) is 14.4 Å². The molecule has 3 aliphatic heterocycles. The number of aromatic nitrogens is 2. The molecule has 4 atom stereocenters. The summed E-state index contributed by atoms with van der Waals surface area (Å²) in [6.45, 7) is 2.34. The normalized spacial score (nSPS) is 29.8. The molecule has 2 bridgehead atoms. The molecule has 1 amide bonds. The highest BCUT2D eigenvalue weighted by atomic mass is 19.1. The van der Waals surface area contributed by atoms with E-state index in [0.29, 0.717) is 31.2 Å². The number of nitrogens with zero attached hydrogens (tertiary/aromatic N) is 3. The lowest BCUT2D eigenvalue weighted by atomic mass is 9.73. The number of rotatable bonds is 6. The van der Waals surface area contributed by atoms with Gasteiger partial charge in [0.05, 0.1) is 18.2 Å². The summed E-state index contributed by atoms with van der Waals surface area (Å²) in [7, 11) is 0. The molecule has 3 aliphatic rings. The van der Waals surface area contributed by atoms with Crippen LogP contribution in [0.25, 0.3) is 0 Å². The van der Waals surface area contributed by atoms with E-state index in [-0.39, 0.29) is 23.4 Å². The molecule has 0 unspecified atom stereocenters. The van der Waals surface area contributed by atoms with Crippen molar-refractivity contribution < 1.29 is 13.9 Å². The number of ether oxygens (including phenoxy) is 1. The summed E-state index contributed by atoms with van der Waals surface area (Å²) in [6.07, 6.45) is 6.91. The lowest BCUT2D eigenvalue weighted by molar-refractivity contribution is -0.121. The second-order valence-corrected chi connectivity index (χ2v) is 8.39. The number of halogens is 1. The number of aryl methyl sites for hydroxylation is 1. The van der Waals surface area contributed by atoms with Crippen LogP contribution in [0.4, 0.5) is 10.3 Å². The summed E-state index contributed by atoms with van der Waals surface area (Å²) in [6, 6.07) is 8.15. The van der Waals surface area contributed by atoms with Crippen molar-refractivity contribution in [2.24, 2.45) is 11.8 Å². The van der Waals surface area contributed by atoms with Crippen molar-refractivity contribution in [2.75, 3.05) is 24.5 Å². The molecule has 2 aromatic rings. The highest BCUT2D eigenvalue weighted by Gasteiger charge is 2.63. The van der Waals surface area contributed by atoms with Gasteiger partial charge in [0.2, 0.25) is 11.9 Å². The van der Waals surface area contributed by atoms with Crippen LogP contribution in [0.15, 0.2) is 42.7 Å². The fraction of sp³-hybridized carbons (Fsp3) is 0.500. The molecule has 6 nitrogen and oxygen atoms in total. The Morgan fingerprint density at radius 1 is 1.28 bits per heavy atom. The number of fused-ring (bicyclic) bond motifs is 1. The fourth-order valence-corrected chi connectivity index (χ4v) is 5.30. The molecular weight excluding hydrogens is 371 g/mol. The van der Waals surface area contributed by atoms with Crippen molar-refractivity contribution >= 4 is 11.9 Å². The first kappa shape index (κ1) is 18.5. The van der Waals surface area contributed by atoms with Crippen molar-refractivity contribution in [1.82, 2.24) is 15.3 Å². The van der Waals surface area contributed by atoms with Crippen LogP contribution in [0, 0.1) is 17.7 Å². The van der Waals surface area contributed by atoms with Crippen LogP contribution in [-0.4, -0.2) is 47.2 Å². The van der Waals surface area contributed by atoms with E-state index in [1.807, 2.05) is 6.07 Å². The first-order valence-electron chi connectivity index (χ1n) is 10.3. The zero-order valence-corrected chi connectivity index (χ0v) is 16.3. The topological polar surface area (TPSA) is 67.4 Å². The monoisotopic (exact) mass is 396 g/mol. The van der Waals surface area contributed by atoms with Crippen molar-refractivity contribution in [3.05, 3.63) is 54.1 Å². The SMILES string of the molecule is O=C(CCc1ccc(F)cc1)NC[C@H]1[C@H]2CN(c3ncccn3)C[C@]23CC[C@H]1O3. The number of amides is 1. The van der Waals surface area contributed by atoms with E-state index in [0.717, 1.165) is 37.4 Å². The Bertz CT molecular complexity index is 878. The third kappa shape index (κ3) is 3.48. The molecule has 4 heterocycles. The summed E-state index contributed by atoms with van der Waals surface area (Å²) in [4.78, 5) is 23.4. The van der Waals surface area contributed by atoms with Gasteiger partial charge in [-0.2, -0.15) is 0 Å². The summed E-state index contributed by atoms with van der Waals surface area (Å²) in [5.74, 6) is 1.25. The van der Waals surface area contributed by atoms with Gasteiger partial charge in [-0.1, -0.05) is 12.1 Å². The van der Waals surface area contributed by atoms with E-state index in [1.165, 1.54) is 12.1 Å². The van der Waals surface area contributed by atoms with Gasteiger partial charge in [-0.15, -0.1) is 0 Å². The molecule has 1 N–H and O–H groups in total. The van der Waals surface area contributed by atoms with Gasteiger partial charge in [0.25, 0.3) is 0 Å². The first-order valence-corrected chi connectivity index (χ1v) is 10.3. The van der Waals surface area contributed by atoms with Crippen molar-refractivity contribution in [2.45, 2.75) is 37.4 Å². The maximum atomic E-state index is 13.0. The number of nitrogens with one attached hydrogen (secondary N) is 1. The Hall–Kier alpha value is -2.54. The molecule has 152 valence electrons. The van der Waals surface area contributed by atoms with Gasteiger partial charge in [0.1, 0.15) is 5.82 Å². The predicted molar refractivity (Wildman–Crippen MR) is 106 cm³/mol. The fourth-order valence-electron chi connectivity index (χ4n) is 5.30. The second-order valence-electron chi connectivity index (χ2n) is 8.39. The first-order chi connectivity index (χ1) is 14.1. The molecular formula is C22H25FN4O2. The molecule has 5 rings (SSSR count). The number of benzene rings is 1. The van der Waals surface area contributed by atoms with E-state index in [4.69, 9.17) is 4.74 Å². The number of carbonyl (C=O) groups excluding carboxylic acids is 1. The summed E-state index contributed by atoms with van der Waals surface area (Å²) in [5, 5.41) is 3.11. The molecule has 3 saturated heterocycles. The molecule has 1 spiro atoms. The Morgan fingerprint density at radius 2 is 2.07 bits per heavy atom. The van der Waals surface area contributed by atoms with Crippen LogP contribution in [0.5, 0.6) is 0 Å². The van der Waals surface area contributed by atoms with Crippen LogP contribution in [-0.2, 0) is 16.0 Å². The van der Waals surface area contributed by atoms with E-state index in [9.17, 15) is 9.18 Å². The van der Waals surface area contributed by atoms with E-state index in [1.54, 1.807) is 24.5 Å². The lowest BCUT2D eigenvalue weighted by Crippen LogP contribution is -2.41. The van der Waals surface area contributed by atoms with Gasteiger partial charge in [0, 0.05) is 43.7 Å². The Labute approximate surface area is 169 Å².